The van der Waals surface area contributed by atoms with Gasteiger partial charge in [0.1, 0.15) is 6.61 Å². The number of aryl methyl sites for hydroxylation is 1. The van der Waals surface area contributed by atoms with E-state index in [2.05, 4.69) is 36.5 Å². The van der Waals surface area contributed by atoms with Crippen molar-refractivity contribution in [2.45, 2.75) is 26.5 Å². The molecular weight excluding hydrogens is 290 g/mol. The molecule has 4 heteroatoms. The van der Waals surface area contributed by atoms with E-state index in [0.717, 1.165) is 42.1 Å². The first kappa shape index (κ1) is 17.3. The topological polar surface area (TPSA) is 50.7 Å². The highest BCUT2D eigenvalue weighted by atomic mass is 16.5. The van der Waals surface area contributed by atoms with Crippen LogP contribution in [-0.2, 0) is 13.2 Å². The summed E-state index contributed by atoms with van der Waals surface area (Å²) in [5, 5.41) is 12.1. The van der Waals surface area contributed by atoms with Crippen LogP contribution in [-0.4, -0.2) is 25.4 Å². The summed E-state index contributed by atoms with van der Waals surface area (Å²) in [5.41, 5.74) is 3.50. The molecular formula is C19H25NO3. The molecule has 2 N–H and O–H groups in total. The van der Waals surface area contributed by atoms with E-state index in [4.69, 9.17) is 14.6 Å². The minimum Gasteiger partial charge on any atom is -0.493 e. The summed E-state index contributed by atoms with van der Waals surface area (Å²) in [6.45, 7) is 4.34. The van der Waals surface area contributed by atoms with Crippen LogP contribution in [0.2, 0.25) is 0 Å². The number of hydrogen-bond acceptors (Lipinski definition) is 4. The van der Waals surface area contributed by atoms with Crippen LogP contribution in [0.3, 0.4) is 0 Å². The lowest BCUT2D eigenvalue weighted by molar-refractivity contribution is 0.283. The van der Waals surface area contributed by atoms with Crippen LogP contribution >= 0.6 is 0 Å². The Labute approximate surface area is 138 Å². The zero-order chi connectivity index (χ0) is 16.5. The fourth-order valence-corrected chi connectivity index (χ4v) is 2.22. The highest BCUT2D eigenvalue weighted by molar-refractivity contribution is 5.43. The van der Waals surface area contributed by atoms with Gasteiger partial charge < -0.3 is 19.9 Å². The number of hydrogen-bond donors (Lipinski definition) is 2. The second-order valence-electron chi connectivity index (χ2n) is 5.51. The monoisotopic (exact) mass is 315 g/mol. The molecule has 2 rings (SSSR count). The molecule has 23 heavy (non-hydrogen) atoms. The van der Waals surface area contributed by atoms with Gasteiger partial charge in [0.2, 0.25) is 0 Å². The van der Waals surface area contributed by atoms with E-state index in [1.165, 1.54) is 5.56 Å². The maximum atomic E-state index is 8.77. The van der Waals surface area contributed by atoms with E-state index < -0.39 is 0 Å². The first-order chi connectivity index (χ1) is 11.2. The Bertz CT molecular complexity index is 596. The molecule has 4 nitrogen and oxygen atoms in total. The molecule has 0 aliphatic heterocycles. The Hall–Kier alpha value is -2.04. The maximum absolute atomic E-state index is 8.77. The zero-order valence-corrected chi connectivity index (χ0v) is 13.8. The molecule has 0 saturated heterocycles. The number of ether oxygens (including phenoxy) is 2. The second kappa shape index (κ2) is 9.18. The number of nitrogens with one attached hydrogen (secondary N) is 1. The summed E-state index contributed by atoms with van der Waals surface area (Å²) in [6.07, 6.45) is 0.759. The van der Waals surface area contributed by atoms with Crippen molar-refractivity contribution in [3.63, 3.8) is 0 Å². The van der Waals surface area contributed by atoms with Gasteiger partial charge in [-0.1, -0.05) is 35.9 Å². The molecule has 0 spiro atoms. The van der Waals surface area contributed by atoms with Gasteiger partial charge in [-0.2, -0.15) is 0 Å². The Morgan fingerprint density at radius 3 is 2.43 bits per heavy atom. The molecule has 2 aromatic carbocycles. The highest BCUT2D eigenvalue weighted by Gasteiger charge is 2.06. The summed E-state index contributed by atoms with van der Waals surface area (Å²) in [5.74, 6) is 1.48. The summed E-state index contributed by atoms with van der Waals surface area (Å²) in [4.78, 5) is 0. The van der Waals surface area contributed by atoms with E-state index in [1.54, 1.807) is 7.11 Å². The number of aliphatic hydroxyl groups excluding tert-OH is 1. The van der Waals surface area contributed by atoms with Crippen molar-refractivity contribution >= 4 is 0 Å². The van der Waals surface area contributed by atoms with Gasteiger partial charge in [0.15, 0.2) is 11.5 Å². The molecule has 124 valence electrons. The van der Waals surface area contributed by atoms with E-state index in [0.29, 0.717) is 6.61 Å². The third kappa shape index (κ3) is 5.58. The Kier molecular flexibility index (Phi) is 6.91. The van der Waals surface area contributed by atoms with E-state index >= 15 is 0 Å². The van der Waals surface area contributed by atoms with Gasteiger partial charge in [-0.3, -0.25) is 0 Å². The number of benzene rings is 2. The van der Waals surface area contributed by atoms with Crippen molar-refractivity contribution in [1.82, 2.24) is 5.32 Å². The van der Waals surface area contributed by atoms with Crippen LogP contribution in [0.1, 0.15) is 23.1 Å². The van der Waals surface area contributed by atoms with E-state index in [1.807, 2.05) is 18.2 Å². The summed E-state index contributed by atoms with van der Waals surface area (Å²) < 4.78 is 11.3. The smallest absolute Gasteiger partial charge is 0.161 e. The van der Waals surface area contributed by atoms with Crippen LogP contribution in [0.15, 0.2) is 42.5 Å². The fraction of sp³-hybridized carbons (Fsp3) is 0.368. The average Bonchev–Trinajstić information content (AvgIpc) is 2.58. The Morgan fingerprint density at radius 1 is 1.00 bits per heavy atom. The van der Waals surface area contributed by atoms with Gasteiger partial charge in [-0.25, -0.2) is 0 Å². The molecule has 0 bridgehead atoms. The van der Waals surface area contributed by atoms with Crippen molar-refractivity contribution < 1.29 is 14.6 Å². The largest absolute Gasteiger partial charge is 0.493 e. The molecule has 0 fully saturated rings. The van der Waals surface area contributed by atoms with Gasteiger partial charge in [-0.05, 0) is 43.1 Å². The molecule has 2 aromatic rings. The van der Waals surface area contributed by atoms with Crippen molar-refractivity contribution in [3.8, 4) is 11.5 Å². The molecule has 0 unspecified atom stereocenters. The number of aliphatic hydroxyl groups is 1. The van der Waals surface area contributed by atoms with Crippen molar-refractivity contribution in [1.29, 1.82) is 0 Å². The summed E-state index contributed by atoms with van der Waals surface area (Å²) in [6, 6.07) is 14.3. The fourth-order valence-electron chi connectivity index (χ4n) is 2.22. The first-order valence-corrected chi connectivity index (χ1v) is 7.90. The minimum atomic E-state index is 0.210. The molecule has 0 aromatic heterocycles. The molecule has 0 amide bonds. The molecule has 0 aliphatic carbocycles. The zero-order valence-electron chi connectivity index (χ0n) is 13.8. The molecule has 0 saturated carbocycles. The normalized spacial score (nSPS) is 10.6. The standard InChI is InChI=1S/C19H25NO3/c1-15-4-6-16(7-5-15)14-23-18-9-8-17(12-19(18)22-2)13-20-10-3-11-21/h4-9,12,20-21H,3,10-11,13-14H2,1-2H3. The number of methoxy groups -OCH3 is 1. The predicted octanol–water partition coefficient (Wildman–Crippen LogP) is 3.05. The van der Waals surface area contributed by atoms with Crippen LogP contribution < -0.4 is 14.8 Å². The Balaban J connectivity index is 1.94. The number of rotatable bonds is 9. The quantitative estimate of drug-likeness (QED) is 0.698. The first-order valence-electron chi connectivity index (χ1n) is 7.90. The van der Waals surface area contributed by atoms with Gasteiger partial charge in [-0.15, -0.1) is 0 Å². The lowest BCUT2D eigenvalue weighted by Crippen LogP contribution is -2.15. The predicted molar refractivity (Wildman–Crippen MR) is 91.9 cm³/mol. The molecule has 0 heterocycles. The highest BCUT2D eigenvalue weighted by Crippen LogP contribution is 2.28. The SMILES string of the molecule is COc1cc(CNCCCO)ccc1OCc1ccc(C)cc1. The average molecular weight is 315 g/mol. The van der Waals surface area contributed by atoms with Gasteiger partial charge in [0.25, 0.3) is 0 Å². The van der Waals surface area contributed by atoms with E-state index in [-0.39, 0.29) is 6.61 Å². The lowest BCUT2D eigenvalue weighted by Gasteiger charge is -2.13. The van der Waals surface area contributed by atoms with Crippen molar-refractivity contribution in [3.05, 3.63) is 59.2 Å². The van der Waals surface area contributed by atoms with Crippen molar-refractivity contribution in [2.24, 2.45) is 0 Å². The third-order valence-corrected chi connectivity index (χ3v) is 3.58. The molecule has 0 aliphatic rings. The van der Waals surface area contributed by atoms with Crippen LogP contribution in [0.5, 0.6) is 11.5 Å². The van der Waals surface area contributed by atoms with Crippen LogP contribution in [0.4, 0.5) is 0 Å². The van der Waals surface area contributed by atoms with Crippen LogP contribution in [0, 0.1) is 6.92 Å². The molecule has 0 atom stereocenters. The lowest BCUT2D eigenvalue weighted by atomic mass is 10.1. The summed E-state index contributed by atoms with van der Waals surface area (Å²) in [7, 11) is 1.65. The van der Waals surface area contributed by atoms with Crippen molar-refractivity contribution in [2.75, 3.05) is 20.3 Å². The van der Waals surface area contributed by atoms with E-state index in [9.17, 15) is 0 Å². The molecule has 0 radical (unpaired) electrons. The Morgan fingerprint density at radius 2 is 1.74 bits per heavy atom. The van der Waals surface area contributed by atoms with Crippen LogP contribution in [0.25, 0.3) is 0 Å². The van der Waals surface area contributed by atoms with Gasteiger partial charge >= 0.3 is 0 Å². The second-order valence-corrected chi connectivity index (χ2v) is 5.51. The van der Waals surface area contributed by atoms with Gasteiger partial charge in [0.05, 0.1) is 7.11 Å². The maximum Gasteiger partial charge on any atom is 0.161 e. The minimum absolute atomic E-state index is 0.210. The van der Waals surface area contributed by atoms with Gasteiger partial charge in [0, 0.05) is 13.2 Å². The summed E-state index contributed by atoms with van der Waals surface area (Å²) >= 11 is 0. The third-order valence-electron chi connectivity index (χ3n) is 3.58.